The first-order valence-corrected chi connectivity index (χ1v) is 9.77. The minimum absolute atomic E-state index is 0. The number of aryl methyl sites for hydroxylation is 1. The van der Waals surface area contributed by atoms with E-state index in [-0.39, 0.29) is 59.3 Å². The predicted octanol–water partition coefficient (Wildman–Crippen LogP) is 2.52. The summed E-state index contributed by atoms with van der Waals surface area (Å²) in [6.07, 6.45) is 0.663. The van der Waals surface area contributed by atoms with Crippen molar-refractivity contribution in [2.45, 2.75) is 59.5 Å². The molecule has 0 saturated carbocycles. The first kappa shape index (κ1) is 28.1. The second-order valence-electron chi connectivity index (χ2n) is 7.87. The van der Waals surface area contributed by atoms with Crippen LogP contribution in [0.3, 0.4) is 0 Å². The van der Waals surface area contributed by atoms with E-state index in [4.69, 9.17) is 5.73 Å². The van der Waals surface area contributed by atoms with Crippen LogP contribution in [-0.2, 0) is 6.54 Å². The quantitative estimate of drug-likeness (QED) is 0.657. The lowest BCUT2D eigenvalue weighted by molar-refractivity contribution is 0.0790. The molecule has 1 unspecified atom stereocenters. The fraction of sp³-hybridized carbons (Fsp3) is 0.600. The molecule has 2 rings (SSSR count). The number of fused-ring (bicyclic) bond motifs is 1. The zero-order valence-corrected chi connectivity index (χ0v) is 20.0. The van der Waals surface area contributed by atoms with Gasteiger partial charge in [-0.15, -0.1) is 24.8 Å². The van der Waals surface area contributed by atoms with Gasteiger partial charge in [-0.3, -0.25) is 19.1 Å². The molecule has 0 spiro atoms. The van der Waals surface area contributed by atoms with Crippen molar-refractivity contribution in [2.24, 2.45) is 11.7 Å². The van der Waals surface area contributed by atoms with Crippen molar-refractivity contribution in [2.75, 3.05) is 13.6 Å². The molecule has 3 N–H and O–H groups in total. The third kappa shape index (κ3) is 5.83. The lowest BCUT2D eigenvalue weighted by Crippen LogP contribution is -2.36. The Bertz CT molecular complexity index is 985. The summed E-state index contributed by atoms with van der Waals surface area (Å²) in [5.41, 5.74) is 6.15. The number of hydrogen-bond donors (Lipinski definition) is 2. The largest absolute Gasteiger partial charge is 0.342 e. The van der Waals surface area contributed by atoms with Gasteiger partial charge >= 0.3 is 5.69 Å². The standard InChI is InChI=1S/C20H31N5O3.2ClH/c1-7-25-17-16(18(26)23-20(25)28)13(10-15(22-17)12(4)5)19(27)24(6)9-8-14(21)11(2)3;;/h10-12,14H,7-9,21H2,1-6H3,(H,23,26,28);2*1H. The van der Waals surface area contributed by atoms with Crippen LogP contribution in [-0.4, -0.2) is 45.0 Å². The second kappa shape index (κ2) is 11.5. The van der Waals surface area contributed by atoms with Crippen molar-refractivity contribution in [3.8, 4) is 0 Å². The third-order valence-corrected chi connectivity index (χ3v) is 5.11. The van der Waals surface area contributed by atoms with E-state index in [1.807, 2.05) is 27.7 Å². The van der Waals surface area contributed by atoms with Gasteiger partial charge < -0.3 is 10.6 Å². The first-order chi connectivity index (χ1) is 13.1. The van der Waals surface area contributed by atoms with Crippen LogP contribution in [0, 0.1) is 5.92 Å². The molecule has 30 heavy (non-hydrogen) atoms. The minimum atomic E-state index is -0.594. The van der Waals surface area contributed by atoms with Gasteiger partial charge in [0, 0.05) is 31.9 Å². The van der Waals surface area contributed by atoms with Crippen LogP contribution in [0.2, 0.25) is 0 Å². The number of nitrogens with two attached hydrogens (primary N) is 1. The highest BCUT2D eigenvalue weighted by molar-refractivity contribution is 6.05. The topological polar surface area (TPSA) is 114 Å². The molecule has 2 aromatic heterocycles. The van der Waals surface area contributed by atoms with Crippen LogP contribution < -0.4 is 17.0 Å². The summed E-state index contributed by atoms with van der Waals surface area (Å²) in [7, 11) is 1.70. The fourth-order valence-corrected chi connectivity index (χ4v) is 3.03. The van der Waals surface area contributed by atoms with E-state index in [0.717, 1.165) is 0 Å². The van der Waals surface area contributed by atoms with Crippen molar-refractivity contribution in [1.29, 1.82) is 0 Å². The maximum atomic E-state index is 13.2. The number of aromatic amines is 1. The first-order valence-electron chi connectivity index (χ1n) is 9.77. The van der Waals surface area contributed by atoms with Crippen molar-refractivity contribution in [1.82, 2.24) is 19.4 Å². The van der Waals surface area contributed by atoms with Crippen molar-refractivity contribution >= 4 is 41.8 Å². The Kier molecular flexibility index (Phi) is 10.8. The Morgan fingerprint density at radius 3 is 2.33 bits per heavy atom. The average molecular weight is 462 g/mol. The highest BCUT2D eigenvalue weighted by Crippen LogP contribution is 2.21. The Balaban J connectivity index is 0.00000420. The van der Waals surface area contributed by atoms with E-state index in [0.29, 0.717) is 31.1 Å². The molecular weight excluding hydrogens is 429 g/mol. The Hall–Kier alpha value is -1.90. The van der Waals surface area contributed by atoms with Gasteiger partial charge in [-0.25, -0.2) is 9.78 Å². The van der Waals surface area contributed by atoms with E-state index < -0.39 is 11.2 Å². The zero-order chi connectivity index (χ0) is 21.2. The summed E-state index contributed by atoms with van der Waals surface area (Å²) in [5.74, 6) is 0.0759. The number of halogens is 2. The van der Waals surface area contributed by atoms with E-state index >= 15 is 0 Å². The molecule has 170 valence electrons. The molecule has 1 atom stereocenters. The minimum Gasteiger partial charge on any atom is -0.342 e. The monoisotopic (exact) mass is 461 g/mol. The van der Waals surface area contributed by atoms with Crippen LogP contribution >= 0.6 is 24.8 Å². The molecule has 0 fully saturated rings. The molecular formula is C20H33Cl2N5O3. The molecule has 0 aliphatic rings. The molecule has 0 saturated heterocycles. The smallest absolute Gasteiger partial charge is 0.329 e. The average Bonchev–Trinajstić information content (AvgIpc) is 2.64. The fourth-order valence-electron chi connectivity index (χ4n) is 3.03. The maximum absolute atomic E-state index is 13.2. The van der Waals surface area contributed by atoms with Gasteiger partial charge in [-0.1, -0.05) is 27.7 Å². The van der Waals surface area contributed by atoms with Gasteiger partial charge in [0.05, 0.1) is 10.9 Å². The van der Waals surface area contributed by atoms with Crippen LogP contribution in [0.1, 0.15) is 63.0 Å². The van der Waals surface area contributed by atoms with E-state index in [1.54, 1.807) is 24.9 Å². The van der Waals surface area contributed by atoms with Crippen LogP contribution in [0.4, 0.5) is 0 Å². The lowest BCUT2D eigenvalue weighted by Gasteiger charge is -2.22. The van der Waals surface area contributed by atoms with Gasteiger partial charge in [-0.05, 0) is 31.2 Å². The molecule has 0 aliphatic heterocycles. The number of hydrogen-bond acceptors (Lipinski definition) is 5. The number of carbonyl (C=O) groups excluding carboxylic acids is 1. The lowest BCUT2D eigenvalue weighted by atomic mass is 10.0. The molecule has 2 heterocycles. The third-order valence-electron chi connectivity index (χ3n) is 5.11. The molecule has 2 aromatic rings. The molecule has 8 nitrogen and oxygen atoms in total. The van der Waals surface area contributed by atoms with E-state index in [9.17, 15) is 14.4 Å². The second-order valence-corrected chi connectivity index (χ2v) is 7.87. The van der Waals surface area contributed by atoms with Gasteiger partial charge in [0.15, 0.2) is 5.65 Å². The van der Waals surface area contributed by atoms with Crippen LogP contribution in [0.5, 0.6) is 0 Å². The van der Waals surface area contributed by atoms with Crippen LogP contribution in [0.15, 0.2) is 15.7 Å². The predicted molar refractivity (Wildman–Crippen MR) is 125 cm³/mol. The SMILES string of the molecule is CCn1c(=O)[nH]c(=O)c2c(C(=O)N(C)CCC(N)C(C)C)cc(C(C)C)nc21.Cl.Cl. The summed E-state index contributed by atoms with van der Waals surface area (Å²) >= 11 is 0. The zero-order valence-electron chi connectivity index (χ0n) is 18.4. The number of amides is 1. The van der Waals surface area contributed by atoms with Gasteiger partial charge in [-0.2, -0.15) is 0 Å². The maximum Gasteiger partial charge on any atom is 0.329 e. The number of H-pyrrole nitrogens is 1. The molecule has 0 aliphatic carbocycles. The summed E-state index contributed by atoms with van der Waals surface area (Å²) in [5, 5.41) is 0.149. The summed E-state index contributed by atoms with van der Waals surface area (Å²) in [6, 6.07) is 1.65. The highest BCUT2D eigenvalue weighted by Gasteiger charge is 2.22. The molecule has 1 amide bonds. The molecule has 10 heteroatoms. The van der Waals surface area contributed by atoms with Crippen molar-refractivity contribution in [3.63, 3.8) is 0 Å². The number of nitrogens with one attached hydrogen (secondary N) is 1. The molecule has 0 aromatic carbocycles. The number of aromatic nitrogens is 3. The molecule has 0 radical (unpaired) electrons. The van der Waals surface area contributed by atoms with Crippen LogP contribution in [0.25, 0.3) is 11.0 Å². The Morgan fingerprint density at radius 1 is 1.23 bits per heavy atom. The summed E-state index contributed by atoms with van der Waals surface area (Å²) in [4.78, 5) is 46.3. The van der Waals surface area contributed by atoms with E-state index in [2.05, 4.69) is 9.97 Å². The summed E-state index contributed by atoms with van der Waals surface area (Å²) in [6.45, 7) is 10.6. The summed E-state index contributed by atoms with van der Waals surface area (Å²) < 4.78 is 1.38. The Labute approximate surface area is 189 Å². The van der Waals surface area contributed by atoms with Gasteiger partial charge in [0.1, 0.15) is 0 Å². The number of rotatable bonds is 7. The van der Waals surface area contributed by atoms with Crippen molar-refractivity contribution in [3.05, 3.63) is 38.2 Å². The highest BCUT2D eigenvalue weighted by atomic mass is 35.5. The van der Waals surface area contributed by atoms with Crippen molar-refractivity contribution < 1.29 is 4.79 Å². The number of carbonyl (C=O) groups is 1. The van der Waals surface area contributed by atoms with Gasteiger partial charge in [0.25, 0.3) is 11.5 Å². The number of nitrogens with zero attached hydrogens (tertiary/aromatic N) is 3. The number of pyridine rings is 1. The van der Waals surface area contributed by atoms with Gasteiger partial charge in [0.2, 0.25) is 0 Å². The van der Waals surface area contributed by atoms with E-state index in [1.165, 1.54) is 4.57 Å². The normalized spacial score (nSPS) is 11.9. The molecule has 0 bridgehead atoms. The Morgan fingerprint density at radius 2 is 1.83 bits per heavy atom.